The minimum absolute atomic E-state index is 0.251. The molecule has 32 heavy (non-hydrogen) atoms. The molecule has 5 nitrogen and oxygen atoms in total. The molecule has 4 rings (SSSR count). The van der Waals surface area contributed by atoms with Crippen molar-refractivity contribution in [1.29, 1.82) is 0 Å². The molecular formula is C24H28ClN3O2S2. The Balaban J connectivity index is 1.61. The quantitative estimate of drug-likeness (QED) is 0.393. The van der Waals surface area contributed by atoms with E-state index >= 15 is 0 Å². The Labute approximate surface area is 199 Å². The van der Waals surface area contributed by atoms with Crippen LogP contribution in [0.1, 0.15) is 48.9 Å². The summed E-state index contributed by atoms with van der Waals surface area (Å²) >= 11 is 7.75. The van der Waals surface area contributed by atoms with Crippen molar-refractivity contribution in [3.8, 4) is 10.4 Å². The number of thiazole rings is 1. The van der Waals surface area contributed by atoms with E-state index in [0.29, 0.717) is 22.3 Å². The summed E-state index contributed by atoms with van der Waals surface area (Å²) in [5.41, 5.74) is 3.77. The topological polar surface area (TPSA) is 71.1 Å². The first-order chi connectivity index (χ1) is 15.2. The summed E-state index contributed by atoms with van der Waals surface area (Å²) in [6.07, 6.45) is 6.18. The SMILES string of the molecule is Cc1ccc(NS(=O)(=O)c2cc(-c3sc(NC4CCCCC4)nc3C)ccc2C)cc1Cl. The van der Waals surface area contributed by atoms with Gasteiger partial charge in [-0.25, -0.2) is 13.4 Å². The zero-order chi connectivity index (χ0) is 22.9. The van der Waals surface area contributed by atoms with E-state index in [1.165, 1.54) is 32.1 Å². The van der Waals surface area contributed by atoms with Crippen LogP contribution in [0.25, 0.3) is 10.4 Å². The Morgan fingerprint density at radius 2 is 1.72 bits per heavy atom. The lowest BCUT2D eigenvalue weighted by atomic mass is 9.96. The molecule has 1 aliphatic carbocycles. The fraction of sp³-hybridized carbons (Fsp3) is 0.375. The molecule has 0 saturated heterocycles. The monoisotopic (exact) mass is 489 g/mol. The van der Waals surface area contributed by atoms with Gasteiger partial charge in [-0.05, 0) is 68.5 Å². The molecule has 2 N–H and O–H groups in total. The van der Waals surface area contributed by atoms with Gasteiger partial charge in [-0.2, -0.15) is 0 Å². The first-order valence-corrected chi connectivity index (χ1v) is 13.5. The maximum Gasteiger partial charge on any atom is 0.262 e. The number of aryl methyl sites for hydroxylation is 3. The molecule has 1 saturated carbocycles. The minimum Gasteiger partial charge on any atom is -0.359 e. The molecule has 1 aliphatic rings. The van der Waals surface area contributed by atoms with Crippen LogP contribution in [0, 0.1) is 20.8 Å². The molecule has 1 aromatic heterocycles. The number of sulfonamides is 1. The molecule has 1 heterocycles. The van der Waals surface area contributed by atoms with E-state index in [4.69, 9.17) is 16.6 Å². The maximum atomic E-state index is 13.2. The number of halogens is 1. The normalized spacial score (nSPS) is 15.0. The third-order valence-corrected chi connectivity index (χ3v) is 8.96. The summed E-state index contributed by atoms with van der Waals surface area (Å²) in [4.78, 5) is 5.94. The lowest BCUT2D eigenvalue weighted by Gasteiger charge is -2.22. The molecule has 0 spiro atoms. The molecule has 0 amide bonds. The Morgan fingerprint density at radius 1 is 1.00 bits per heavy atom. The van der Waals surface area contributed by atoms with Crippen molar-refractivity contribution in [3.63, 3.8) is 0 Å². The van der Waals surface area contributed by atoms with Crippen molar-refractivity contribution in [3.05, 3.63) is 58.2 Å². The van der Waals surface area contributed by atoms with Crippen LogP contribution < -0.4 is 10.0 Å². The summed E-state index contributed by atoms with van der Waals surface area (Å²) in [5, 5.41) is 5.00. The summed E-state index contributed by atoms with van der Waals surface area (Å²) in [6.45, 7) is 5.65. The highest BCUT2D eigenvalue weighted by molar-refractivity contribution is 7.92. The first-order valence-electron chi connectivity index (χ1n) is 10.9. The molecule has 0 unspecified atom stereocenters. The second-order valence-electron chi connectivity index (χ2n) is 8.46. The molecule has 0 bridgehead atoms. The van der Waals surface area contributed by atoms with E-state index in [1.54, 1.807) is 42.5 Å². The van der Waals surface area contributed by atoms with Gasteiger partial charge in [-0.1, -0.05) is 60.4 Å². The average molecular weight is 490 g/mol. The highest BCUT2D eigenvalue weighted by Crippen LogP contribution is 2.36. The van der Waals surface area contributed by atoms with E-state index in [9.17, 15) is 8.42 Å². The number of benzene rings is 2. The summed E-state index contributed by atoms with van der Waals surface area (Å²) in [6, 6.07) is 11.2. The summed E-state index contributed by atoms with van der Waals surface area (Å²) in [7, 11) is -3.77. The van der Waals surface area contributed by atoms with Gasteiger partial charge in [0.25, 0.3) is 10.0 Å². The van der Waals surface area contributed by atoms with Gasteiger partial charge in [0.1, 0.15) is 0 Å². The molecule has 3 aromatic rings. The van der Waals surface area contributed by atoms with E-state index in [2.05, 4.69) is 10.0 Å². The van der Waals surface area contributed by atoms with Gasteiger partial charge in [0.15, 0.2) is 5.13 Å². The molecule has 0 atom stereocenters. The van der Waals surface area contributed by atoms with Crippen molar-refractivity contribution in [1.82, 2.24) is 4.98 Å². The van der Waals surface area contributed by atoms with Crippen LogP contribution in [0.5, 0.6) is 0 Å². The van der Waals surface area contributed by atoms with E-state index in [-0.39, 0.29) is 4.90 Å². The zero-order valence-electron chi connectivity index (χ0n) is 18.5. The Kier molecular flexibility index (Phi) is 6.79. The third kappa shape index (κ3) is 5.11. The van der Waals surface area contributed by atoms with Crippen LogP contribution >= 0.6 is 22.9 Å². The molecule has 0 aliphatic heterocycles. The fourth-order valence-electron chi connectivity index (χ4n) is 4.04. The number of nitrogens with one attached hydrogen (secondary N) is 2. The van der Waals surface area contributed by atoms with Crippen LogP contribution in [0.2, 0.25) is 5.02 Å². The van der Waals surface area contributed by atoms with Crippen LogP contribution in [0.4, 0.5) is 10.8 Å². The van der Waals surface area contributed by atoms with Gasteiger partial charge in [0, 0.05) is 11.1 Å². The van der Waals surface area contributed by atoms with Crippen LogP contribution in [0.3, 0.4) is 0 Å². The lowest BCUT2D eigenvalue weighted by Crippen LogP contribution is -2.21. The van der Waals surface area contributed by atoms with Gasteiger partial charge in [-0.3, -0.25) is 4.72 Å². The average Bonchev–Trinajstić information content (AvgIpc) is 3.11. The highest BCUT2D eigenvalue weighted by atomic mass is 35.5. The molecule has 0 radical (unpaired) electrons. The van der Waals surface area contributed by atoms with Gasteiger partial charge >= 0.3 is 0 Å². The van der Waals surface area contributed by atoms with E-state index < -0.39 is 10.0 Å². The number of anilines is 2. The molecule has 170 valence electrons. The second kappa shape index (κ2) is 9.41. The standard InChI is InChI=1S/C24H28ClN3O2S2/c1-15-10-12-20(14-21(15)25)28-32(29,30)22-13-18(11-9-16(22)2)23-17(3)26-24(31-23)27-19-7-5-4-6-8-19/h9-14,19,28H,4-8H2,1-3H3,(H,26,27). The van der Waals surface area contributed by atoms with Crippen molar-refractivity contribution >= 4 is 43.8 Å². The first kappa shape index (κ1) is 23.1. The maximum absolute atomic E-state index is 13.2. The van der Waals surface area contributed by atoms with Crippen LogP contribution in [0.15, 0.2) is 41.3 Å². The second-order valence-corrected chi connectivity index (χ2v) is 11.5. The number of hydrogen-bond acceptors (Lipinski definition) is 5. The van der Waals surface area contributed by atoms with E-state index in [0.717, 1.165) is 26.8 Å². The Morgan fingerprint density at radius 3 is 2.44 bits per heavy atom. The molecule has 8 heteroatoms. The Hall–Kier alpha value is -2.09. The van der Waals surface area contributed by atoms with E-state index in [1.807, 2.05) is 26.0 Å². The molecular weight excluding hydrogens is 462 g/mol. The van der Waals surface area contributed by atoms with Gasteiger partial charge in [-0.15, -0.1) is 0 Å². The van der Waals surface area contributed by atoms with Crippen molar-refractivity contribution in [2.75, 3.05) is 10.0 Å². The molecule has 2 aromatic carbocycles. The number of nitrogens with zero attached hydrogens (tertiary/aromatic N) is 1. The largest absolute Gasteiger partial charge is 0.359 e. The lowest BCUT2D eigenvalue weighted by molar-refractivity contribution is 0.462. The predicted molar refractivity (Wildman–Crippen MR) is 135 cm³/mol. The smallest absolute Gasteiger partial charge is 0.262 e. The number of rotatable bonds is 6. The number of aromatic nitrogens is 1. The van der Waals surface area contributed by atoms with Crippen molar-refractivity contribution < 1.29 is 8.42 Å². The fourth-order valence-corrected chi connectivity index (χ4v) is 6.59. The zero-order valence-corrected chi connectivity index (χ0v) is 20.9. The summed E-state index contributed by atoms with van der Waals surface area (Å²) in [5.74, 6) is 0. The van der Waals surface area contributed by atoms with Crippen LogP contribution in [-0.4, -0.2) is 19.4 Å². The van der Waals surface area contributed by atoms with Gasteiger partial charge in [0.05, 0.1) is 21.2 Å². The highest BCUT2D eigenvalue weighted by Gasteiger charge is 2.21. The van der Waals surface area contributed by atoms with Crippen LogP contribution in [-0.2, 0) is 10.0 Å². The van der Waals surface area contributed by atoms with Crippen molar-refractivity contribution in [2.45, 2.75) is 63.8 Å². The van der Waals surface area contributed by atoms with Gasteiger partial charge in [0.2, 0.25) is 0 Å². The molecule has 1 fully saturated rings. The Bertz CT molecular complexity index is 1230. The van der Waals surface area contributed by atoms with Crippen molar-refractivity contribution in [2.24, 2.45) is 0 Å². The minimum atomic E-state index is -3.77. The number of hydrogen-bond donors (Lipinski definition) is 2. The third-order valence-electron chi connectivity index (χ3n) is 5.89. The summed E-state index contributed by atoms with van der Waals surface area (Å²) < 4.78 is 29.0. The van der Waals surface area contributed by atoms with Gasteiger partial charge < -0.3 is 5.32 Å². The predicted octanol–water partition coefficient (Wildman–Crippen LogP) is 6.93.